The molecule has 2 aromatic heterocycles. The summed E-state index contributed by atoms with van der Waals surface area (Å²) in [6.07, 6.45) is 4.46. The lowest BCUT2D eigenvalue weighted by Gasteiger charge is -2.29. The maximum atomic E-state index is 11.5. The topological polar surface area (TPSA) is 98.1 Å². The van der Waals surface area contributed by atoms with Crippen LogP contribution in [0.25, 0.3) is 10.2 Å². The number of nitrogen functional groups attached to an aromatic ring is 1. The summed E-state index contributed by atoms with van der Waals surface area (Å²) in [6, 6.07) is 2.35. The summed E-state index contributed by atoms with van der Waals surface area (Å²) in [6.45, 7) is 2.20. The van der Waals surface area contributed by atoms with Gasteiger partial charge >= 0.3 is 0 Å². The zero-order valence-corrected chi connectivity index (χ0v) is 12.8. The van der Waals surface area contributed by atoms with Crippen molar-refractivity contribution in [2.75, 3.05) is 17.2 Å². The second-order valence-corrected chi connectivity index (χ2v) is 6.75. The summed E-state index contributed by atoms with van der Waals surface area (Å²) >= 11 is 1.59. The number of anilines is 2. The third-order valence-electron chi connectivity index (χ3n) is 3.88. The zero-order valence-electron chi connectivity index (χ0n) is 12.0. The van der Waals surface area contributed by atoms with Gasteiger partial charge in [0, 0.05) is 10.9 Å². The molecule has 7 heteroatoms. The smallest absolute Gasteiger partial charge is 0.237 e. The molecule has 1 fully saturated rings. The van der Waals surface area contributed by atoms with E-state index < -0.39 is 0 Å². The first-order valence-electron chi connectivity index (χ1n) is 7.13. The molecule has 0 atom stereocenters. The predicted octanol–water partition coefficient (Wildman–Crippen LogP) is 1.82. The average molecular weight is 305 g/mol. The van der Waals surface area contributed by atoms with Crippen molar-refractivity contribution in [2.24, 2.45) is 5.73 Å². The SMILES string of the molecule is Cc1cc2c(N(CC(N)=O)C3CCCC3)nc(N)nc2s1. The Morgan fingerprint density at radius 2 is 2.14 bits per heavy atom. The lowest BCUT2D eigenvalue weighted by molar-refractivity contribution is -0.116. The molecule has 21 heavy (non-hydrogen) atoms. The second kappa shape index (κ2) is 5.48. The summed E-state index contributed by atoms with van der Waals surface area (Å²) in [5.74, 6) is 0.638. The maximum absolute atomic E-state index is 11.5. The number of nitrogens with zero attached hydrogens (tertiary/aromatic N) is 3. The van der Waals surface area contributed by atoms with Crippen LogP contribution in [-0.2, 0) is 4.79 Å². The van der Waals surface area contributed by atoms with Crippen molar-refractivity contribution in [3.63, 3.8) is 0 Å². The third-order valence-corrected chi connectivity index (χ3v) is 4.82. The van der Waals surface area contributed by atoms with E-state index >= 15 is 0 Å². The van der Waals surface area contributed by atoms with Gasteiger partial charge in [0.15, 0.2) is 0 Å². The van der Waals surface area contributed by atoms with Gasteiger partial charge in [0.25, 0.3) is 0 Å². The van der Waals surface area contributed by atoms with Crippen molar-refractivity contribution in [3.8, 4) is 0 Å². The minimum Gasteiger partial charge on any atom is -0.368 e. The molecule has 0 unspecified atom stereocenters. The van der Waals surface area contributed by atoms with E-state index in [0.29, 0.717) is 6.04 Å². The van der Waals surface area contributed by atoms with Crippen LogP contribution in [-0.4, -0.2) is 28.5 Å². The van der Waals surface area contributed by atoms with Crippen LogP contribution in [0.4, 0.5) is 11.8 Å². The highest BCUT2D eigenvalue weighted by molar-refractivity contribution is 7.18. The normalized spacial score (nSPS) is 15.7. The Bertz CT molecular complexity index is 677. The van der Waals surface area contributed by atoms with Gasteiger partial charge in [-0.15, -0.1) is 11.3 Å². The van der Waals surface area contributed by atoms with Gasteiger partial charge in [0.1, 0.15) is 10.6 Å². The molecule has 0 radical (unpaired) electrons. The zero-order chi connectivity index (χ0) is 15.0. The van der Waals surface area contributed by atoms with Gasteiger partial charge in [-0.05, 0) is 25.8 Å². The summed E-state index contributed by atoms with van der Waals surface area (Å²) in [5.41, 5.74) is 11.3. The van der Waals surface area contributed by atoms with Crippen LogP contribution in [0, 0.1) is 6.92 Å². The highest BCUT2D eigenvalue weighted by atomic mass is 32.1. The lowest BCUT2D eigenvalue weighted by atomic mass is 10.2. The van der Waals surface area contributed by atoms with Crippen molar-refractivity contribution in [1.82, 2.24) is 9.97 Å². The Hall–Kier alpha value is -1.89. The standard InChI is InChI=1S/C14H19N5OS/c1-8-6-10-12(17-14(16)18-13(10)21-8)19(7-11(15)20)9-4-2-3-5-9/h6,9H,2-5,7H2,1H3,(H2,15,20)(H2,16,17,18). The largest absolute Gasteiger partial charge is 0.368 e. The van der Waals surface area contributed by atoms with E-state index in [9.17, 15) is 4.79 Å². The molecule has 1 aliphatic carbocycles. The highest BCUT2D eigenvalue weighted by Gasteiger charge is 2.27. The fourth-order valence-electron chi connectivity index (χ4n) is 3.02. The average Bonchev–Trinajstić information content (AvgIpc) is 3.03. The van der Waals surface area contributed by atoms with E-state index in [0.717, 1.165) is 33.8 Å². The molecule has 112 valence electrons. The molecule has 0 saturated heterocycles. The van der Waals surface area contributed by atoms with E-state index in [-0.39, 0.29) is 18.4 Å². The Morgan fingerprint density at radius 3 is 2.81 bits per heavy atom. The number of primary amides is 1. The van der Waals surface area contributed by atoms with Crippen LogP contribution in [0.2, 0.25) is 0 Å². The summed E-state index contributed by atoms with van der Waals surface area (Å²) in [5, 5.41) is 0.958. The van der Waals surface area contributed by atoms with Gasteiger partial charge in [-0.3, -0.25) is 4.79 Å². The molecule has 0 bridgehead atoms. The van der Waals surface area contributed by atoms with E-state index in [4.69, 9.17) is 11.5 Å². The number of nitrogens with two attached hydrogens (primary N) is 2. The van der Waals surface area contributed by atoms with Gasteiger partial charge < -0.3 is 16.4 Å². The van der Waals surface area contributed by atoms with Gasteiger partial charge in [0.05, 0.1) is 11.9 Å². The number of aryl methyl sites for hydroxylation is 1. The van der Waals surface area contributed by atoms with Crippen molar-refractivity contribution in [2.45, 2.75) is 38.6 Å². The molecule has 2 aromatic rings. The Labute approximate surface area is 127 Å². The summed E-state index contributed by atoms with van der Waals surface area (Å²) in [4.78, 5) is 24.2. The molecular weight excluding hydrogens is 286 g/mol. The quantitative estimate of drug-likeness (QED) is 0.897. The van der Waals surface area contributed by atoms with Crippen LogP contribution in [0.3, 0.4) is 0 Å². The van der Waals surface area contributed by atoms with Gasteiger partial charge in [-0.1, -0.05) is 12.8 Å². The van der Waals surface area contributed by atoms with E-state index in [2.05, 4.69) is 16.0 Å². The monoisotopic (exact) mass is 305 g/mol. The van der Waals surface area contributed by atoms with E-state index in [1.807, 2.05) is 11.8 Å². The molecule has 4 N–H and O–H groups in total. The van der Waals surface area contributed by atoms with Crippen molar-refractivity contribution in [1.29, 1.82) is 0 Å². The number of hydrogen-bond donors (Lipinski definition) is 2. The molecule has 2 heterocycles. The molecule has 1 aliphatic rings. The number of carbonyl (C=O) groups excluding carboxylic acids is 1. The van der Waals surface area contributed by atoms with Gasteiger partial charge in [-0.2, -0.15) is 4.98 Å². The lowest BCUT2D eigenvalue weighted by Crippen LogP contribution is -2.41. The molecule has 3 rings (SSSR count). The first-order chi connectivity index (χ1) is 10.0. The fourth-order valence-corrected chi connectivity index (χ4v) is 3.90. The Morgan fingerprint density at radius 1 is 1.43 bits per heavy atom. The van der Waals surface area contributed by atoms with Gasteiger partial charge in [-0.25, -0.2) is 4.98 Å². The number of fused-ring (bicyclic) bond motifs is 1. The molecule has 6 nitrogen and oxygen atoms in total. The maximum Gasteiger partial charge on any atom is 0.237 e. The molecule has 0 spiro atoms. The number of thiophene rings is 1. The fraction of sp³-hybridized carbons (Fsp3) is 0.500. The summed E-state index contributed by atoms with van der Waals surface area (Å²) in [7, 11) is 0. The minimum atomic E-state index is -0.348. The highest BCUT2D eigenvalue weighted by Crippen LogP contribution is 2.35. The van der Waals surface area contributed by atoms with Crippen LogP contribution >= 0.6 is 11.3 Å². The first kappa shape index (κ1) is 14.1. The van der Waals surface area contributed by atoms with Crippen LogP contribution in [0.5, 0.6) is 0 Å². The minimum absolute atomic E-state index is 0.172. The molecule has 1 amide bonds. The Kier molecular flexibility index (Phi) is 3.67. The van der Waals surface area contributed by atoms with Crippen molar-refractivity contribution in [3.05, 3.63) is 10.9 Å². The first-order valence-corrected chi connectivity index (χ1v) is 7.95. The predicted molar refractivity (Wildman–Crippen MR) is 85.4 cm³/mol. The van der Waals surface area contributed by atoms with Gasteiger partial charge in [0.2, 0.25) is 11.9 Å². The van der Waals surface area contributed by atoms with Crippen LogP contribution in [0.1, 0.15) is 30.6 Å². The number of aromatic nitrogens is 2. The number of hydrogen-bond acceptors (Lipinski definition) is 6. The molecule has 0 aromatic carbocycles. The number of rotatable bonds is 4. The summed E-state index contributed by atoms with van der Waals surface area (Å²) < 4.78 is 0. The van der Waals surface area contributed by atoms with E-state index in [1.54, 1.807) is 11.3 Å². The van der Waals surface area contributed by atoms with E-state index in [1.165, 1.54) is 12.8 Å². The molecule has 1 saturated carbocycles. The second-order valence-electron chi connectivity index (χ2n) is 5.51. The third kappa shape index (κ3) is 2.78. The Balaban J connectivity index is 2.10. The van der Waals surface area contributed by atoms with Crippen LogP contribution < -0.4 is 16.4 Å². The molecular formula is C14H19N5OS. The van der Waals surface area contributed by atoms with Crippen molar-refractivity contribution >= 4 is 39.2 Å². The molecule has 0 aliphatic heterocycles. The van der Waals surface area contributed by atoms with Crippen molar-refractivity contribution < 1.29 is 4.79 Å². The van der Waals surface area contributed by atoms with Crippen LogP contribution in [0.15, 0.2) is 6.07 Å². The number of carbonyl (C=O) groups is 1. The number of amides is 1.